The van der Waals surface area contributed by atoms with E-state index >= 15 is 0 Å². The molecule has 2 atom stereocenters. The van der Waals surface area contributed by atoms with E-state index < -0.39 is 26.5 Å². The molecule has 0 aromatic carbocycles. The Kier molecular flexibility index (Phi) is 41.6. The summed E-state index contributed by atoms with van der Waals surface area (Å²) in [4.78, 5) is 35.5. The lowest BCUT2D eigenvalue weighted by Crippen LogP contribution is -2.37. The smallest absolute Gasteiger partial charge is 0.462 e. The summed E-state index contributed by atoms with van der Waals surface area (Å²) in [5.41, 5.74) is 0. The minimum absolute atomic E-state index is 0.0371. The molecule has 0 aliphatic carbocycles. The molecule has 9 nitrogen and oxygen atoms in total. The van der Waals surface area contributed by atoms with Gasteiger partial charge >= 0.3 is 19.8 Å². The summed E-state index contributed by atoms with van der Waals surface area (Å²) in [6.45, 7) is 4.48. The van der Waals surface area contributed by atoms with Crippen molar-refractivity contribution in [3.8, 4) is 0 Å². The maximum atomic E-state index is 12.7. The normalized spacial score (nSPS) is 13.4. The van der Waals surface area contributed by atoms with Crippen molar-refractivity contribution in [2.45, 2.75) is 258 Å². The van der Waals surface area contributed by atoms with Gasteiger partial charge in [-0.2, -0.15) is 0 Å². The van der Waals surface area contributed by atoms with Gasteiger partial charge in [-0.05, 0) is 12.8 Å². The molecule has 0 aliphatic heterocycles. The van der Waals surface area contributed by atoms with Gasteiger partial charge in [-0.25, -0.2) is 4.57 Å². The predicted molar refractivity (Wildman–Crippen MR) is 248 cm³/mol. The van der Waals surface area contributed by atoms with Gasteiger partial charge < -0.3 is 18.9 Å². The fourth-order valence-corrected chi connectivity index (χ4v) is 8.17. The Labute approximate surface area is 365 Å². The second-order valence-electron chi connectivity index (χ2n) is 18.6. The zero-order valence-corrected chi connectivity index (χ0v) is 40.7. The summed E-state index contributed by atoms with van der Waals surface area (Å²) in [6, 6.07) is 0. The van der Waals surface area contributed by atoms with Gasteiger partial charge in [0.25, 0.3) is 0 Å². The van der Waals surface area contributed by atoms with Crippen LogP contribution < -0.4 is 0 Å². The van der Waals surface area contributed by atoms with E-state index in [9.17, 15) is 19.0 Å². The Hall–Kier alpha value is -0.990. The molecule has 0 rings (SSSR count). The molecule has 0 saturated carbocycles. The number of phosphoric acid groups is 1. The van der Waals surface area contributed by atoms with E-state index in [1.54, 1.807) is 0 Å². The monoisotopic (exact) mass is 861 g/mol. The largest absolute Gasteiger partial charge is 0.472 e. The lowest BCUT2D eigenvalue weighted by atomic mass is 10.0. The molecule has 0 radical (unpaired) electrons. The molecule has 352 valence electrons. The van der Waals surface area contributed by atoms with E-state index in [2.05, 4.69) is 13.8 Å². The molecule has 0 amide bonds. The number of hydrogen-bond donors (Lipinski definition) is 1. The molecule has 0 aromatic rings. The van der Waals surface area contributed by atoms with Crippen LogP contribution in [-0.4, -0.2) is 74.9 Å². The van der Waals surface area contributed by atoms with Gasteiger partial charge in [-0.3, -0.25) is 18.6 Å². The number of unbranched alkanes of at least 4 members (excludes halogenated alkanes) is 33. The van der Waals surface area contributed by atoms with Crippen LogP contribution in [0.2, 0.25) is 0 Å². The molecule has 0 fully saturated rings. The van der Waals surface area contributed by atoms with Gasteiger partial charge in [0, 0.05) is 12.8 Å². The summed E-state index contributed by atoms with van der Waals surface area (Å²) in [5.74, 6) is -0.779. The van der Waals surface area contributed by atoms with Crippen molar-refractivity contribution in [3.63, 3.8) is 0 Å². The molecule has 0 aromatic heterocycles. The maximum absolute atomic E-state index is 12.7. The first kappa shape index (κ1) is 58.0. The standard InChI is InChI=1S/C49H98NO8P/c1-6-8-10-12-14-16-18-20-22-23-24-25-26-27-28-30-32-34-36-38-40-42-49(52)58-47(46-57-59(53,54)56-44-43-50(3,4)5)45-55-48(51)41-39-37-35-33-31-29-21-19-17-15-13-11-9-7-2/h47H,6-46H2,1-5H3/p+1. The van der Waals surface area contributed by atoms with Crippen LogP contribution in [0, 0.1) is 0 Å². The summed E-state index contributed by atoms with van der Waals surface area (Å²) < 4.78 is 34.4. The van der Waals surface area contributed by atoms with Gasteiger partial charge in [0.2, 0.25) is 0 Å². The van der Waals surface area contributed by atoms with E-state index in [4.69, 9.17) is 18.5 Å². The minimum Gasteiger partial charge on any atom is -0.462 e. The molecule has 0 spiro atoms. The van der Waals surface area contributed by atoms with Gasteiger partial charge in [0.15, 0.2) is 6.10 Å². The Bertz CT molecular complexity index is 974. The van der Waals surface area contributed by atoms with Crippen LogP contribution in [0.3, 0.4) is 0 Å². The highest BCUT2D eigenvalue weighted by atomic mass is 31.2. The van der Waals surface area contributed by atoms with Crippen molar-refractivity contribution in [2.24, 2.45) is 0 Å². The van der Waals surface area contributed by atoms with Crippen LogP contribution >= 0.6 is 7.82 Å². The number of hydrogen-bond acceptors (Lipinski definition) is 7. The number of esters is 2. The summed E-state index contributed by atoms with van der Waals surface area (Å²) >= 11 is 0. The molecule has 0 saturated heterocycles. The Morgan fingerprint density at radius 3 is 1.08 bits per heavy atom. The Morgan fingerprint density at radius 1 is 0.458 bits per heavy atom. The molecule has 59 heavy (non-hydrogen) atoms. The molecule has 2 unspecified atom stereocenters. The quantitative estimate of drug-likeness (QED) is 0.0279. The van der Waals surface area contributed by atoms with Crippen molar-refractivity contribution in [1.82, 2.24) is 0 Å². The van der Waals surface area contributed by atoms with Gasteiger partial charge in [-0.15, -0.1) is 0 Å². The van der Waals surface area contributed by atoms with E-state index in [1.165, 1.54) is 186 Å². The second-order valence-corrected chi connectivity index (χ2v) is 20.0. The van der Waals surface area contributed by atoms with Crippen molar-refractivity contribution in [3.05, 3.63) is 0 Å². The van der Waals surface area contributed by atoms with Gasteiger partial charge in [0.1, 0.15) is 19.8 Å². The van der Waals surface area contributed by atoms with Crippen molar-refractivity contribution in [2.75, 3.05) is 47.5 Å². The first-order valence-electron chi connectivity index (χ1n) is 25.3. The number of rotatable bonds is 47. The number of ether oxygens (including phenoxy) is 2. The van der Waals surface area contributed by atoms with E-state index in [-0.39, 0.29) is 25.6 Å². The zero-order valence-electron chi connectivity index (χ0n) is 39.8. The number of carbonyl (C=O) groups excluding carboxylic acids is 2. The molecular weight excluding hydrogens is 762 g/mol. The van der Waals surface area contributed by atoms with Crippen LogP contribution in [-0.2, 0) is 32.7 Å². The Balaban J connectivity index is 4.19. The van der Waals surface area contributed by atoms with Crippen LogP contribution in [0.5, 0.6) is 0 Å². The topological polar surface area (TPSA) is 108 Å². The Morgan fingerprint density at radius 2 is 0.763 bits per heavy atom. The zero-order chi connectivity index (χ0) is 43.6. The van der Waals surface area contributed by atoms with Crippen molar-refractivity contribution >= 4 is 19.8 Å². The number of carbonyl (C=O) groups is 2. The number of phosphoric ester groups is 1. The highest BCUT2D eigenvalue weighted by Gasteiger charge is 2.27. The molecule has 1 N–H and O–H groups in total. The third kappa shape index (κ3) is 46.3. The van der Waals surface area contributed by atoms with Crippen LogP contribution in [0.1, 0.15) is 251 Å². The van der Waals surface area contributed by atoms with E-state index in [1.807, 2.05) is 21.1 Å². The van der Waals surface area contributed by atoms with Crippen LogP contribution in [0.15, 0.2) is 0 Å². The lowest BCUT2D eigenvalue weighted by molar-refractivity contribution is -0.870. The summed E-state index contributed by atoms with van der Waals surface area (Å²) in [5, 5.41) is 0. The first-order valence-corrected chi connectivity index (χ1v) is 26.8. The SMILES string of the molecule is CCCCCCCCCCCCCCCCCCCCCCCC(=O)OC(COC(=O)CCCCCCCCCCCCCCCC)COP(=O)(O)OCC[N+](C)(C)C. The highest BCUT2D eigenvalue weighted by molar-refractivity contribution is 7.47. The lowest BCUT2D eigenvalue weighted by Gasteiger charge is -2.24. The average molecular weight is 861 g/mol. The molecular formula is C49H99NO8P+. The van der Waals surface area contributed by atoms with Crippen molar-refractivity contribution in [1.29, 1.82) is 0 Å². The first-order chi connectivity index (χ1) is 28.5. The van der Waals surface area contributed by atoms with Crippen LogP contribution in [0.25, 0.3) is 0 Å². The van der Waals surface area contributed by atoms with Crippen LogP contribution in [0.4, 0.5) is 0 Å². The van der Waals surface area contributed by atoms with Crippen molar-refractivity contribution < 1.29 is 42.1 Å². The number of nitrogens with zero attached hydrogens (tertiary/aromatic N) is 1. The summed E-state index contributed by atoms with van der Waals surface area (Å²) in [7, 11) is 1.50. The third-order valence-electron chi connectivity index (χ3n) is 11.4. The molecule has 10 heteroatoms. The predicted octanol–water partition coefficient (Wildman–Crippen LogP) is 14.8. The van der Waals surface area contributed by atoms with Gasteiger partial charge in [0.05, 0.1) is 27.7 Å². The second kappa shape index (κ2) is 42.3. The molecule has 0 heterocycles. The third-order valence-corrected chi connectivity index (χ3v) is 12.4. The fourth-order valence-electron chi connectivity index (χ4n) is 7.43. The number of quaternary nitrogens is 1. The molecule has 0 aliphatic rings. The fraction of sp³-hybridized carbons (Fsp3) is 0.959. The highest BCUT2D eigenvalue weighted by Crippen LogP contribution is 2.43. The average Bonchev–Trinajstić information content (AvgIpc) is 3.19. The summed E-state index contributed by atoms with van der Waals surface area (Å²) in [6.07, 6.45) is 44.4. The van der Waals surface area contributed by atoms with E-state index in [0.717, 1.165) is 38.5 Å². The van der Waals surface area contributed by atoms with E-state index in [0.29, 0.717) is 17.4 Å². The number of likely N-dealkylation sites (N-methyl/N-ethyl adjacent to an activating group) is 1. The van der Waals surface area contributed by atoms with Gasteiger partial charge in [-0.1, -0.05) is 226 Å². The minimum atomic E-state index is -4.37. The maximum Gasteiger partial charge on any atom is 0.472 e. The molecule has 0 bridgehead atoms.